The van der Waals surface area contributed by atoms with Gasteiger partial charge in [0.05, 0.1) is 5.60 Å². The van der Waals surface area contributed by atoms with Gasteiger partial charge in [0.15, 0.2) is 8.32 Å². The van der Waals surface area contributed by atoms with E-state index in [-0.39, 0.29) is 12.0 Å². The van der Waals surface area contributed by atoms with Gasteiger partial charge in [-0.15, -0.1) is 0 Å². The molecule has 1 N–H and O–H groups in total. The predicted octanol–water partition coefficient (Wildman–Crippen LogP) is 4.43. The van der Waals surface area contributed by atoms with Crippen molar-refractivity contribution in [2.75, 3.05) is 0 Å². The van der Waals surface area contributed by atoms with Gasteiger partial charge in [-0.05, 0) is 44.3 Å². The fourth-order valence-corrected chi connectivity index (χ4v) is 5.63. The van der Waals surface area contributed by atoms with Gasteiger partial charge < -0.3 is 9.53 Å². The molecule has 0 aliphatic rings. The van der Waals surface area contributed by atoms with Gasteiger partial charge in [-0.1, -0.05) is 27.7 Å². The molecule has 0 fully saturated rings. The zero-order chi connectivity index (χ0) is 14.2. The molecule has 0 bridgehead atoms. The molecule has 0 saturated heterocycles. The van der Waals surface area contributed by atoms with Gasteiger partial charge in [-0.25, -0.2) is 0 Å². The molecule has 0 radical (unpaired) electrons. The highest BCUT2D eigenvalue weighted by atomic mass is 28.4. The van der Waals surface area contributed by atoms with Crippen molar-refractivity contribution in [3.63, 3.8) is 0 Å². The zero-order valence-corrected chi connectivity index (χ0v) is 13.7. The lowest BCUT2D eigenvalue weighted by Crippen LogP contribution is -2.45. The third kappa shape index (κ3) is 5.53. The molecular weight excluding hydrogens is 244 g/mol. The van der Waals surface area contributed by atoms with Crippen molar-refractivity contribution >= 4 is 14.3 Å². The van der Waals surface area contributed by atoms with E-state index in [2.05, 4.69) is 34.6 Å². The Labute approximate surface area is 113 Å². The number of aliphatic carboxylic acids is 1. The lowest BCUT2D eigenvalue weighted by molar-refractivity contribution is -0.137. The lowest BCUT2D eigenvalue weighted by atomic mass is 9.96. The fraction of sp³-hybridized carbons (Fsp3) is 0.929. The highest BCUT2D eigenvalue weighted by Crippen LogP contribution is 2.32. The van der Waals surface area contributed by atoms with Gasteiger partial charge >= 0.3 is 5.97 Å². The van der Waals surface area contributed by atoms with E-state index < -0.39 is 14.3 Å². The third-order valence-electron chi connectivity index (χ3n) is 4.24. The van der Waals surface area contributed by atoms with Gasteiger partial charge in [-0.3, -0.25) is 4.79 Å². The summed E-state index contributed by atoms with van der Waals surface area (Å²) in [4.78, 5) is 10.6. The first-order valence-corrected chi connectivity index (χ1v) is 9.82. The number of carboxylic acids is 1. The number of hydrogen-bond donors (Lipinski definition) is 1. The number of carboxylic acid groups (broad SMARTS) is 1. The van der Waals surface area contributed by atoms with Crippen LogP contribution in [0.3, 0.4) is 0 Å². The van der Waals surface area contributed by atoms with Crippen LogP contribution in [-0.4, -0.2) is 25.0 Å². The van der Waals surface area contributed by atoms with E-state index in [1.165, 1.54) is 0 Å². The van der Waals surface area contributed by atoms with E-state index in [1.54, 1.807) is 0 Å². The Morgan fingerprint density at radius 3 is 2.00 bits per heavy atom. The van der Waals surface area contributed by atoms with Crippen LogP contribution < -0.4 is 0 Å². The molecule has 0 aliphatic heterocycles. The Balaban J connectivity index is 4.57. The Kier molecular flexibility index (Phi) is 7.79. The molecule has 0 aromatic carbocycles. The van der Waals surface area contributed by atoms with Crippen molar-refractivity contribution < 1.29 is 14.3 Å². The van der Waals surface area contributed by atoms with Gasteiger partial charge in [-0.2, -0.15) is 0 Å². The Morgan fingerprint density at radius 1 is 1.17 bits per heavy atom. The molecule has 0 aliphatic carbocycles. The predicted molar refractivity (Wildman–Crippen MR) is 78.5 cm³/mol. The highest BCUT2D eigenvalue weighted by Gasteiger charge is 2.36. The molecule has 0 heterocycles. The molecule has 0 saturated carbocycles. The number of hydrogen-bond acceptors (Lipinski definition) is 2. The van der Waals surface area contributed by atoms with Crippen LogP contribution in [0.5, 0.6) is 0 Å². The second-order valence-electron chi connectivity index (χ2n) is 5.40. The van der Waals surface area contributed by atoms with Gasteiger partial charge in [0.25, 0.3) is 0 Å². The average Bonchev–Trinajstić information content (AvgIpc) is 2.36. The first-order chi connectivity index (χ1) is 8.37. The largest absolute Gasteiger partial charge is 0.481 e. The maximum absolute atomic E-state index is 10.6. The van der Waals surface area contributed by atoms with Crippen LogP contribution in [0.15, 0.2) is 0 Å². The van der Waals surface area contributed by atoms with E-state index in [0.29, 0.717) is 6.42 Å². The molecule has 0 aromatic heterocycles. The van der Waals surface area contributed by atoms with E-state index in [1.807, 2.05) is 0 Å². The van der Waals surface area contributed by atoms with Crippen molar-refractivity contribution in [2.45, 2.75) is 84.0 Å². The summed E-state index contributed by atoms with van der Waals surface area (Å²) in [6.45, 7) is 11.0. The molecule has 0 aromatic rings. The van der Waals surface area contributed by atoms with Crippen molar-refractivity contribution in [3.8, 4) is 0 Å². The minimum absolute atomic E-state index is 0.135. The summed E-state index contributed by atoms with van der Waals surface area (Å²) in [7, 11) is -1.60. The second kappa shape index (κ2) is 7.95. The summed E-state index contributed by atoms with van der Waals surface area (Å²) < 4.78 is 6.55. The molecular formula is C14H30O3Si. The Bertz CT molecular complexity index is 243. The standard InChI is InChI=1S/C14H30O3Si/c1-6-14(5,12-10-11-13(15)16)17-18(7-2,8-3)9-4/h6-12H2,1-5H3,(H,15,16). The molecule has 3 nitrogen and oxygen atoms in total. The van der Waals surface area contributed by atoms with Crippen LogP contribution in [0.2, 0.25) is 18.1 Å². The van der Waals surface area contributed by atoms with Crippen LogP contribution in [0.4, 0.5) is 0 Å². The summed E-state index contributed by atoms with van der Waals surface area (Å²) in [5.74, 6) is -0.710. The fourth-order valence-electron chi connectivity index (χ4n) is 2.40. The molecule has 4 heteroatoms. The van der Waals surface area contributed by atoms with E-state index in [4.69, 9.17) is 9.53 Å². The highest BCUT2D eigenvalue weighted by molar-refractivity contribution is 6.73. The van der Waals surface area contributed by atoms with E-state index >= 15 is 0 Å². The summed E-state index contributed by atoms with van der Waals surface area (Å²) in [5, 5.41) is 8.72. The van der Waals surface area contributed by atoms with Crippen LogP contribution >= 0.6 is 0 Å². The minimum atomic E-state index is -1.60. The van der Waals surface area contributed by atoms with Crippen molar-refractivity contribution in [2.24, 2.45) is 0 Å². The number of carbonyl (C=O) groups is 1. The summed E-state index contributed by atoms with van der Waals surface area (Å²) in [6, 6.07) is 3.44. The monoisotopic (exact) mass is 274 g/mol. The first-order valence-electron chi connectivity index (χ1n) is 7.29. The van der Waals surface area contributed by atoms with E-state index in [9.17, 15) is 4.79 Å². The molecule has 1 atom stereocenters. The van der Waals surface area contributed by atoms with Crippen LogP contribution in [0.25, 0.3) is 0 Å². The van der Waals surface area contributed by atoms with Gasteiger partial charge in [0.1, 0.15) is 0 Å². The van der Waals surface area contributed by atoms with Crippen molar-refractivity contribution in [1.29, 1.82) is 0 Å². The topological polar surface area (TPSA) is 46.5 Å². The Hall–Kier alpha value is -0.353. The van der Waals surface area contributed by atoms with Gasteiger partial charge in [0.2, 0.25) is 0 Å². The molecule has 108 valence electrons. The van der Waals surface area contributed by atoms with Crippen LogP contribution in [-0.2, 0) is 9.22 Å². The van der Waals surface area contributed by atoms with E-state index in [0.717, 1.165) is 31.0 Å². The number of rotatable bonds is 10. The third-order valence-corrected chi connectivity index (χ3v) is 9.03. The molecule has 0 rings (SSSR count). The maximum atomic E-state index is 10.6. The lowest BCUT2D eigenvalue weighted by Gasteiger charge is -2.40. The summed E-state index contributed by atoms with van der Waals surface area (Å²) >= 11 is 0. The van der Waals surface area contributed by atoms with Gasteiger partial charge in [0, 0.05) is 6.42 Å². The summed E-state index contributed by atoms with van der Waals surface area (Å²) in [5.41, 5.74) is -0.135. The van der Waals surface area contributed by atoms with Crippen LogP contribution in [0.1, 0.15) is 60.3 Å². The first kappa shape index (κ1) is 17.6. The molecule has 0 spiro atoms. The average molecular weight is 274 g/mol. The molecule has 1 unspecified atom stereocenters. The molecule has 18 heavy (non-hydrogen) atoms. The molecule has 0 amide bonds. The van der Waals surface area contributed by atoms with Crippen LogP contribution in [0, 0.1) is 0 Å². The second-order valence-corrected chi connectivity index (χ2v) is 10.1. The smallest absolute Gasteiger partial charge is 0.303 e. The van der Waals surface area contributed by atoms with Crippen molar-refractivity contribution in [3.05, 3.63) is 0 Å². The quantitative estimate of drug-likeness (QED) is 0.599. The zero-order valence-electron chi connectivity index (χ0n) is 12.7. The maximum Gasteiger partial charge on any atom is 0.303 e. The minimum Gasteiger partial charge on any atom is -0.481 e. The van der Waals surface area contributed by atoms with Crippen molar-refractivity contribution in [1.82, 2.24) is 0 Å². The normalized spacial score (nSPS) is 15.4. The SMILES string of the molecule is CCC(C)(CCCC(=O)O)O[Si](CC)(CC)CC. The summed E-state index contributed by atoms with van der Waals surface area (Å²) in [6.07, 6.45) is 2.77. The Morgan fingerprint density at radius 2 is 1.67 bits per heavy atom.